The van der Waals surface area contributed by atoms with Crippen molar-refractivity contribution in [2.24, 2.45) is 0 Å². The van der Waals surface area contributed by atoms with Crippen LogP contribution in [0.25, 0.3) is 10.9 Å². The number of hydrogen-bond donors (Lipinski definition) is 2. The van der Waals surface area contributed by atoms with E-state index in [1.54, 1.807) is 36.4 Å². The number of carbonyl (C=O) groups is 1. The predicted molar refractivity (Wildman–Crippen MR) is 258 cm³/mol. The molecule has 7 aromatic rings. The summed E-state index contributed by atoms with van der Waals surface area (Å²) in [5.41, 5.74) is 7.66. The number of sulfonamides is 1. The van der Waals surface area contributed by atoms with Crippen LogP contribution in [-0.4, -0.2) is 39.0 Å². The molecule has 0 atom stereocenters. The zero-order chi connectivity index (χ0) is 45.3. The molecular formula is C47H40Cl6N2O6S2. The molecule has 16 heteroatoms. The van der Waals surface area contributed by atoms with Crippen molar-refractivity contribution in [3.05, 3.63) is 209 Å². The molecule has 0 saturated heterocycles. The molecule has 1 heterocycles. The quantitative estimate of drug-likeness (QED) is 0.0930. The van der Waals surface area contributed by atoms with E-state index >= 15 is 0 Å². The van der Waals surface area contributed by atoms with Gasteiger partial charge in [-0.25, -0.2) is 26.4 Å². The van der Waals surface area contributed by atoms with E-state index in [4.69, 9.17) is 68.7 Å². The highest BCUT2D eigenvalue weighted by Crippen LogP contribution is 2.38. The molecular weight excluding hydrogens is 965 g/mol. The third kappa shape index (κ3) is 13.5. The summed E-state index contributed by atoms with van der Waals surface area (Å²) in [6, 6.07) is 42.7. The molecule has 0 saturated carbocycles. The lowest BCUT2D eigenvalue weighted by Gasteiger charge is -2.25. The maximum atomic E-state index is 13.3. The molecule has 0 unspecified atom stereocenters. The third-order valence-corrected chi connectivity index (χ3v) is 14.2. The van der Waals surface area contributed by atoms with Crippen LogP contribution in [0.15, 0.2) is 140 Å². The zero-order valence-electron chi connectivity index (χ0n) is 33.3. The van der Waals surface area contributed by atoms with E-state index in [2.05, 4.69) is 33.6 Å². The molecule has 0 bridgehead atoms. The first kappa shape index (κ1) is 48.4. The van der Waals surface area contributed by atoms with E-state index in [0.717, 1.165) is 51.7 Å². The van der Waals surface area contributed by atoms with Crippen LogP contribution in [0.3, 0.4) is 0 Å². The Labute approximate surface area is 396 Å². The second-order valence-electron chi connectivity index (χ2n) is 14.6. The molecule has 1 aromatic heterocycles. The number of aryl methyl sites for hydroxylation is 2. The Morgan fingerprint density at radius 3 is 1.67 bits per heavy atom. The van der Waals surface area contributed by atoms with Crippen LogP contribution in [0.5, 0.6) is 0 Å². The zero-order valence-corrected chi connectivity index (χ0v) is 39.5. The summed E-state index contributed by atoms with van der Waals surface area (Å²) in [6.07, 6.45) is 2.65. The highest BCUT2D eigenvalue weighted by Gasteiger charge is 2.26. The highest BCUT2D eigenvalue weighted by molar-refractivity contribution is 8.13. The first-order chi connectivity index (χ1) is 30.0. The van der Waals surface area contributed by atoms with Crippen LogP contribution in [0.1, 0.15) is 61.9 Å². The minimum Gasteiger partial charge on any atom is -0.478 e. The van der Waals surface area contributed by atoms with Crippen LogP contribution in [0, 0.1) is 0 Å². The van der Waals surface area contributed by atoms with Gasteiger partial charge in [-0.15, -0.1) is 0 Å². The number of carboxylic acids is 1. The first-order valence-corrected chi connectivity index (χ1v) is 25.5. The Balaban J connectivity index is 0.000000436. The minimum absolute atomic E-state index is 0.174. The lowest BCUT2D eigenvalue weighted by molar-refractivity contribution is 0.0696. The Morgan fingerprint density at radius 2 is 1.14 bits per heavy atom. The van der Waals surface area contributed by atoms with Crippen molar-refractivity contribution in [2.45, 2.75) is 43.2 Å². The van der Waals surface area contributed by atoms with Crippen LogP contribution in [-0.2, 0) is 49.8 Å². The van der Waals surface area contributed by atoms with E-state index in [-0.39, 0.29) is 29.7 Å². The summed E-state index contributed by atoms with van der Waals surface area (Å²) < 4.78 is 53.1. The summed E-state index contributed by atoms with van der Waals surface area (Å²) in [7, 11) is -2.19. The molecule has 6 aromatic carbocycles. The van der Waals surface area contributed by atoms with Crippen molar-refractivity contribution < 1.29 is 26.7 Å². The molecule has 63 heavy (non-hydrogen) atoms. The largest absolute Gasteiger partial charge is 0.478 e. The fourth-order valence-electron chi connectivity index (χ4n) is 7.35. The summed E-state index contributed by atoms with van der Waals surface area (Å²) in [5.74, 6) is -1.43. The number of halogens is 6. The first-order valence-electron chi connectivity index (χ1n) is 19.5. The number of hydrogen-bond acceptors (Lipinski definition) is 5. The van der Waals surface area contributed by atoms with Crippen molar-refractivity contribution in [3.63, 3.8) is 0 Å². The van der Waals surface area contributed by atoms with Crippen molar-refractivity contribution in [1.82, 2.24) is 9.29 Å². The van der Waals surface area contributed by atoms with Gasteiger partial charge in [-0.2, -0.15) is 0 Å². The van der Waals surface area contributed by atoms with Gasteiger partial charge < -0.3 is 9.67 Å². The summed E-state index contributed by atoms with van der Waals surface area (Å²) >= 11 is 30.2. The average molecular weight is 1010 g/mol. The lowest BCUT2D eigenvalue weighted by atomic mass is 9.97. The maximum absolute atomic E-state index is 13.3. The molecule has 0 aliphatic carbocycles. The average Bonchev–Trinajstić information content (AvgIpc) is 3.52. The second kappa shape index (κ2) is 21.7. The Morgan fingerprint density at radius 1 is 0.603 bits per heavy atom. The molecule has 8 nitrogen and oxygen atoms in total. The van der Waals surface area contributed by atoms with Gasteiger partial charge in [0.2, 0.25) is 19.1 Å². The Kier molecular flexibility index (Phi) is 16.7. The number of aromatic nitrogens is 1. The fraction of sp³-hybridized carbons (Fsp3) is 0.170. The van der Waals surface area contributed by atoms with Crippen LogP contribution in [0.2, 0.25) is 25.1 Å². The molecule has 0 aliphatic rings. The van der Waals surface area contributed by atoms with Crippen molar-refractivity contribution in [3.8, 4) is 0 Å². The van der Waals surface area contributed by atoms with Gasteiger partial charge in [-0.1, -0.05) is 143 Å². The van der Waals surface area contributed by atoms with Gasteiger partial charge in [-0.05, 0) is 107 Å². The number of aromatic carboxylic acids is 1. The Hall–Kier alpha value is -4.07. The van der Waals surface area contributed by atoms with Crippen LogP contribution in [0.4, 0.5) is 0 Å². The second-order valence-corrected chi connectivity index (χ2v) is 21.3. The number of carboxylic acid groups (broad SMARTS) is 1. The van der Waals surface area contributed by atoms with Gasteiger partial charge in [0.05, 0.1) is 43.2 Å². The summed E-state index contributed by atoms with van der Waals surface area (Å²) in [6.45, 7) is 0.174. The molecule has 0 aliphatic heterocycles. The van der Waals surface area contributed by atoms with Crippen LogP contribution >= 0.6 is 68.7 Å². The molecule has 0 amide bonds. The van der Waals surface area contributed by atoms with Gasteiger partial charge >= 0.3 is 5.97 Å². The normalized spacial score (nSPS) is 11.7. The molecule has 0 fully saturated rings. The number of nitrogens with zero attached hydrogens (tertiary/aromatic N) is 1. The lowest BCUT2D eigenvalue weighted by Crippen LogP contribution is -2.28. The monoisotopic (exact) mass is 1000 g/mol. The van der Waals surface area contributed by atoms with Gasteiger partial charge in [-0.3, -0.25) is 0 Å². The van der Waals surface area contributed by atoms with Crippen LogP contribution < -0.4 is 4.72 Å². The minimum atomic E-state index is -3.71. The van der Waals surface area contributed by atoms with Gasteiger partial charge in [0, 0.05) is 45.3 Å². The molecule has 7 rings (SSSR count). The third-order valence-electron chi connectivity index (χ3n) is 10.1. The molecule has 2 N–H and O–H groups in total. The molecule has 0 spiro atoms. The highest BCUT2D eigenvalue weighted by atomic mass is 35.7. The van der Waals surface area contributed by atoms with E-state index in [9.17, 15) is 26.7 Å². The van der Waals surface area contributed by atoms with E-state index in [1.165, 1.54) is 12.1 Å². The summed E-state index contributed by atoms with van der Waals surface area (Å²) in [5, 5.41) is 12.3. The smallest absolute Gasteiger partial charge is 0.335 e. The van der Waals surface area contributed by atoms with E-state index < -0.39 is 25.0 Å². The van der Waals surface area contributed by atoms with Gasteiger partial charge in [0.1, 0.15) is 0 Å². The van der Waals surface area contributed by atoms with Gasteiger partial charge in [0.15, 0.2) is 0 Å². The maximum Gasteiger partial charge on any atom is 0.335 e. The van der Waals surface area contributed by atoms with Gasteiger partial charge in [0.25, 0.3) is 0 Å². The number of rotatable bonds is 16. The predicted octanol–water partition coefficient (Wildman–Crippen LogP) is 12.8. The van der Waals surface area contributed by atoms with E-state index in [1.807, 2.05) is 66.7 Å². The van der Waals surface area contributed by atoms with Crippen molar-refractivity contribution >= 4 is 105 Å². The fourth-order valence-corrected chi connectivity index (χ4v) is 10.3. The molecule has 0 radical (unpaired) electrons. The van der Waals surface area contributed by atoms with Crippen molar-refractivity contribution in [2.75, 3.05) is 6.54 Å². The number of nitrogens with one attached hydrogen (secondary N) is 1. The summed E-state index contributed by atoms with van der Waals surface area (Å²) in [4.78, 5) is 11.4. The van der Waals surface area contributed by atoms with Crippen molar-refractivity contribution in [1.29, 1.82) is 0 Å². The molecule has 328 valence electrons. The van der Waals surface area contributed by atoms with E-state index in [0.29, 0.717) is 49.1 Å². The number of fused-ring (bicyclic) bond motifs is 1. The standard InChI is InChI=1S/C40H35Cl3N2O4S.C7H5Cl3O2S/c41-32-19-21-37-34(25-32)33(13-7-8-27-14-17-31(18-15-27)40(46)47)38(22-23-44-50(48,49)26-28-16-20-35(42)36(43)24-28)45(37)39(29-9-3-1-4-10-29)30-11-5-2-6-12-30;8-6-2-1-5(3-7(6)9)4-13(10,11)12/h1-6,9-12,14-21,24-25,39,44H,7-8,13,22-23,26H2,(H,46,47);1-3H,4H2. The Bertz CT molecular complexity index is 2890. The number of benzene rings is 6. The SMILES string of the molecule is O=C(O)c1ccc(CCCc2c(CCNS(=O)(=O)Cc3ccc(Cl)c(Cl)c3)n(C(c3ccccc3)c3ccccc3)c3ccc(Cl)cc23)cc1.O=S(=O)(Cl)Cc1ccc(Cl)c(Cl)c1. The topological polar surface area (TPSA) is 123 Å².